The molecule has 0 saturated heterocycles. The summed E-state index contributed by atoms with van der Waals surface area (Å²) >= 11 is 0. The molecule has 0 aromatic heterocycles. The van der Waals surface area contributed by atoms with E-state index in [9.17, 15) is 61.5 Å². The van der Waals surface area contributed by atoms with Crippen LogP contribution < -0.4 is 0 Å². The topological polar surface area (TPSA) is 0 Å². The van der Waals surface area contributed by atoms with Gasteiger partial charge in [0.25, 0.3) is 0 Å². The molecule has 14 heteroatoms. The average molecular weight is 442 g/mol. The second-order valence-corrected chi connectivity index (χ2v) is 5.68. The van der Waals surface area contributed by atoms with E-state index in [1.54, 1.807) is 0 Å². The van der Waals surface area contributed by atoms with Crippen LogP contribution in [-0.2, 0) is 13.1 Å². The van der Waals surface area contributed by atoms with Crippen LogP contribution in [-0.4, -0.2) is 30.4 Å². The Morgan fingerprint density at radius 1 is 0.571 bits per heavy atom. The maximum atomic E-state index is 13.9. The minimum atomic E-state index is -7.69. The lowest BCUT2D eigenvalue weighted by atomic mass is 9.71. The smallest absolute Gasteiger partial charge is 0.246 e. The number of hydrogen-bond acceptors (Lipinski definition) is 0. The summed E-state index contributed by atoms with van der Waals surface area (Å²) in [6.45, 7) is -1.48. The van der Waals surface area contributed by atoms with Crippen LogP contribution >= 0.6 is 0 Å². The first-order chi connectivity index (χ1) is 12.3. The molecule has 28 heavy (non-hydrogen) atoms. The minimum absolute atomic E-state index is 0.216. The van der Waals surface area contributed by atoms with Gasteiger partial charge in [-0.2, -0.15) is 57.1 Å². The van der Waals surface area contributed by atoms with E-state index < -0.39 is 60.0 Å². The SMILES string of the molecule is FCc1cccc(CC(C(F)(F)F)(C(F)(F)F)C(F)(F)C(F)(F)C(F)(F)F)c1. The molecule has 0 bridgehead atoms. The molecule has 1 aromatic carbocycles. The van der Waals surface area contributed by atoms with E-state index >= 15 is 0 Å². The van der Waals surface area contributed by atoms with Crippen LogP contribution in [0.25, 0.3) is 0 Å². The fourth-order valence-corrected chi connectivity index (χ4v) is 2.40. The largest absolute Gasteiger partial charge is 0.459 e. The van der Waals surface area contributed by atoms with Crippen LogP contribution in [0.1, 0.15) is 11.1 Å². The van der Waals surface area contributed by atoms with Crippen molar-refractivity contribution in [3.63, 3.8) is 0 Å². The lowest BCUT2D eigenvalue weighted by molar-refractivity contribution is -0.460. The van der Waals surface area contributed by atoms with Gasteiger partial charge in [0, 0.05) is 6.42 Å². The molecule has 0 amide bonds. The maximum Gasteiger partial charge on any atom is 0.459 e. The monoisotopic (exact) mass is 442 g/mol. The quantitative estimate of drug-likeness (QED) is 0.449. The molecule has 0 saturated carbocycles. The Morgan fingerprint density at radius 2 is 1.00 bits per heavy atom. The number of hydrogen-bond donors (Lipinski definition) is 0. The minimum Gasteiger partial charge on any atom is -0.246 e. The molecular weight excluding hydrogens is 434 g/mol. The lowest BCUT2D eigenvalue weighted by Crippen LogP contribution is -2.71. The highest BCUT2D eigenvalue weighted by molar-refractivity contribution is 5.27. The fraction of sp³-hybridized carbons (Fsp3) is 0.571. The van der Waals surface area contributed by atoms with Crippen LogP contribution in [0.2, 0.25) is 0 Å². The first kappa shape index (κ1) is 24.3. The van der Waals surface area contributed by atoms with Gasteiger partial charge in [0.15, 0.2) is 0 Å². The summed E-state index contributed by atoms with van der Waals surface area (Å²) in [5, 5.41) is 0. The summed E-state index contributed by atoms with van der Waals surface area (Å²) < 4.78 is 183. The van der Waals surface area contributed by atoms with Crippen molar-refractivity contribution in [2.45, 2.75) is 43.5 Å². The molecule has 0 atom stereocenters. The third-order valence-corrected chi connectivity index (χ3v) is 3.87. The first-order valence-corrected chi connectivity index (χ1v) is 6.86. The molecule has 0 unspecified atom stereocenters. The predicted molar refractivity (Wildman–Crippen MR) is 65.4 cm³/mol. The molecule has 1 rings (SSSR count). The number of halogens is 14. The summed E-state index contributed by atoms with van der Waals surface area (Å²) in [4.78, 5) is 0. The van der Waals surface area contributed by atoms with Crippen LogP contribution in [0, 0.1) is 5.41 Å². The third-order valence-electron chi connectivity index (χ3n) is 3.87. The highest BCUT2D eigenvalue weighted by Gasteiger charge is 2.91. The Kier molecular flexibility index (Phi) is 6.01. The van der Waals surface area contributed by atoms with E-state index in [4.69, 9.17) is 0 Å². The van der Waals surface area contributed by atoms with Gasteiger partial charge in [-0.25, -0.2) is 4.39 Å². The van der Waals surface area contributed by atoms with E-state index in [2.05, 4.69) is 0 Å². The molecule has 162 valence electrons. The van der Waals surface area contributed by atoms with E-state index in [0.717, 1.165) is 6.07 Å². The van der Waals surface area contributed by atoms with Crippen molar-refractivity contribution >= 4 is 0 Å². The number of rotatable bonds is 5. The van der Waals surface area contributed by atoms with Gasteiger partial charge in [-0.05, 0) is 11.1 Å². The second-order valence-electron chi connectivity index (χ2n) is 5.68. The molecule has 0 nitrogen and oxygen atoms in total. The van der Waals surface area contributed by atoms with E-state index in [-0.39, 0.29) is 6.07 Å². The van der Waals surface area contributed by atoms with Crippen molar-refractivity contribution in [3.05, 3.63) is 35.4 Å². The van der Waals surface area contributed by atoms with Gasteiger partial charge >= 0.3 is 30.4 Å². The summed E-state index contributed by atoms with van der Waals surface area (Å²) in [6, 6.07) is 1.98. The summed E-state index contributed by atoms with van der Waals surface area (Å²) in [5.41, 5.74) is -8.80. The molecule has 0 spiro atoms. The van der Waals surface area contributed by atoms with Crippen molar-refractivity contribution in [2.24, 2.45) is 5.41 Å². The van der Waals surface area contributed by atoms with Crippen molar-refractivity contribution in [3.8, 4) is 0 Å². The molecule has 0 fully saturated rings. The first-order valence-electron chi connectivity index (χ1n) is 6.86. The second kappa shape index (κ2) is 6.94. The Labute approximate surface area is 147 Å². The van der Waals surface area contributed by atoms with Crippen molar-refractivity contribution < 1.29 is 61.5 Å². The van der Waals surface area contributed by atoms with Gasteiger partial charge in [0.2, 0.25) is 5.41 Å². The summed E-state index contributed by atoms with van der Waals surface area (Å²) in [6.07, 6.45) is -25.1. The number of alkyl halides is 14. The number of benzene rings is 1. The predicted octanol–water partition coefficient (Wildman–Crippen LogP) is 6.64. The van der Waals surface area contributed by atoms with Crippen LogP contribution in [0.5, 0.6) is 0 Å². The van der Waals surface area contributed by atoms with Gasteiger partial charge in [-0.15, -0.1) is 0 Å². The highest BCUT2D eigenvalue weighted by Crippen LogP contribution is 2.66. The van der Waals surface area contributed by atoms with Gasteiger partial charge < -0.3 is 0 Å². The molecule has 0 N–H and O–H groups in total. The normalized spacial score (nSPS) is 15.1. The van der Waals surface area contributed by atoms with Crippen molar-refractivity contribution in [1.29, 1.82) is 0 Å². The maximum absolute atomic E-state index is 13.9. The standard InChI is InChI=1S/C14H8F14/c15-6-8-3-1-2-7(4-8)5-9(12(20,21)22,13(23,24)25)10(16,17)11(18,19)14(26,27)28/h1-4H,5-6H2. The van der Waals surface area contributed by atoms with Gasteiger partial charge in [0.1, 0.15) is 6.67 Å². The summed E-state index contributed by atoms with van der Waals surface area (Å²) in [5.74, 6) is -15.4. The highest BCUT2D eigenvalue weighted by atomic mass is 19.4. The molecule has 0 heterocycles. The van der Waals surface area contributed by atoms with Crippen LogP contribution in [0.3, 0.4) is 0 Å². The molecular formula is C14H8F14. The fourth-order valence-electron chi connectivity index (χ4n) is 2.40. The zero-order valence-corrected chi connectivity index (χ0v) is 13.0. The third kappa shape index (κ3) is 3.61. The van der Waals surface area contributed by atoms with Gasteiger partial charge in [0.05, 0.1) is 0 Å². The Balaban J connectivity index is 3.87. The van der Waals surface area contributed by atoms with Gasteiger partial charge in [-0.1, -0.05) is 24.3 Å². The van der Waals surface area contributed by atoms with Crippen LogP contribution in [0.4, 0.5) is 61.5 Å². The Morgan fingerprint density at radius 3 is 1.36 bits per heavy atom. The average Bonchev–Trinajstić information content (AvgIpc) is 2.48. The van der Waals surface area contributed by atoms with Crippen molar-refractivity contribution in [2.75, 3.05) is 0 Å². The molecule has 1 aromatic rings. The zero-order valence-electron chi connectivity index (χ0n) is 13.0. The lowest BCUT2D eigenvalue weighted by Gasteiger charge is -2.45. The molecule has 0 radical (unpaired) electrons. The van der Waals surface area contributed by atoms with E-state index in [1.165, 1.54) is 0 Å². The van der Waals surface area contributed by atoms with E-state index in [0.29, 0.717) is 12.1 Å². The zero-order chi connectivity index (χ0) is 22.4. The van der Waals surface area contributed by atoms with E-state index in [1.807, 2.05) is 0 Å². The summed E-state index contributed by atoms with van der Waals surface area (Å²) in [7, 11) is 0. The molecule has 0 aliphatic rings. The van der Waals surface area contributed by atoms with Crippen molar-refractivity contribution in [1.82, 2.24) is 0 Å². The molecule has 0 aliphatic heterocycles. The Bertz CT molecular complexity index is 665. The Hall–Kier alpha value is -1.76. The molecule has 0 aliphatic carbocycles. The van der Waals surface area contributed by atoms with Gasteiger partial charge in [-0.3, -0.25) is 0 Å². The van der Waals surface area contributed by atoms with Crippen LogP contribution in [0.15, 0.2) is 24.3 Å².